The third-order valence-corrected chi connectivity index (χ3v) is 2.30. The molecule has 0 saturated heterocycles. The fourth-order valence-electron chi connectivity index (χ4n) is 1.39. The minimum Gasteiger partial charge on any atom is -0.465 e. The zero-order valence-electron chi connectivity index (χ0n) is 9.77. The molecule has 0 bridgehead atoms. The van der Waals surface area contributed by atoms with Crippen LogP contribution in [0.25, 0.3) is 0 Å². The van der Waals surface area contributed by atoms with Gasteiger partial charge in [0.1, 0.15) is 0 Å². The summed E-state index contributed by atoms with van der Waals surface area (Å²) in [5, 5.41) is 0. The second-order valence-corrected chi connectivity index (χ2v) is 3.34. The maximum Gasteiger partial charge on any atom is 0.339 e. The number of esters is 1. The van der Waals surface area contributed by atoms with Crippen LogP contribution in [-0.2, 0) is 9.53 Å². The Hall–Kier alpha value is -2.28. The maximum atomic E-state index is 11.6. The second-order valence-electron chi connectivity index (χ2n) is 3.34. The summed E-state index contributed by atoms with van der Waals surface area (Å²) in [7, 11) is 2.86. The maximum absolute atomic E-state index is 11.6. The Morgan fingerprint density at radius 2 is 2.06 bits per heavy atom. The number of methoxy groups -OCH3 is 1. The van der Waals surface area contributed by atoms with E-state index in [4.69, 9.17) is 6.42 Å². The van der Waals surface area contributed by atoms with Gasteiger partial charge < -0.3 is 9.64 Å². The molecule has 0 saturated carbocycles. The van der Waals surface area contributed by atoms with Gasteiger partial charge in [-0.25, -0.2) is 4.79 Å². The minimum atomic E-state index is -0.485. The van der Waals surface area contributed by atoms with Crippen LogP contribution in [0.15, 0.2) is 24.3 Å². The molecule has 0 heterocycles. The Morgan fingerprint density at radius 1 is 1.41 bits per heavy atom. The molecule has 1 aromatic rings. The molecule has 0 spiro atoms. The van der Waals surface area contributed by atoms with Crippen molar-refractivity contribution in [3.05, 3.63) is 29.8 Å². The third-order valence-electron chi connectivity index (χ3n) is 2.30. The van der Waals surface area contributed by atoms with E-state index in [1.807, 2.05) is 0 Å². The van der Waals surface area contributed by atoms with E-state index in [9.17, 15) is 9.59 Å². The summed E-state index contributed by atoms with van der Waals surface area (Å²) in [5.41, 5.74) is 0.822. The van der Waals surface area contributed by atoms with Crippen molar-refractivity contribution in [1.82, 2.24) is 0 Å². The van der Waals surface area contributed by atoms with Gasteiger partial charge in [-0.2, -0.15) is 0 Å². The first kappa shape index (κ1) is 12.8. The molecule has 0 N–H and O–H groups in total. The first-order chi connectivity index (χ1) is 8.11. The topological polar surface area (TPSA) is 46.6 Å². The van der Waals surface area contributed by atoms with Gasteiger partial charge in [-0.15, -0.1) is 6.42 Å². The average Bonchev–Trinajstić information content (AvgIpc) is 2.37. The summed E-state index contributed by atoms with van der Waals surface area (Å²) in [6, 6.07) is 6.71. The number of carbonyl (C=O) groups excluding carboxylic acids is 2. The Balaban J connectivity index is 3.09. The summed E-state index contributed by atoms with van der Waals surface area (Å²) in [6.45, 7) is 0. The van der Waals surface area contributed by atoms with Gasteiger partial charge in [-0.05, 0) is 12.1 Å². The van der Waals surface area contributed by atoms with Crippen LogP contribution in [0.5, 0.6) is 0 Å². The van der Waals surface area contributed by atoms with E-state index < -0.39 is 5.97 Å². The fraction of sp³-hybridized carbons (Fsp3) is 0.231. The molecule has 0 fully saturated rings. The lowest BCUT2D eigenvalue weighted by atomic mass is 10.1. The largest absolute Gasteiger partial charge is 0.465 e. The third kappa shape index (κ3) is 2.85. The lowest BCUT2D eigenvalue weighted by molar-refractivity contribution is -0.117. The number of nitrogens with zero attached hydrogens (tertiary/aromatic N) is 1. The molecule has 0 radical (unpaired) electrons. The zero-order valence-corrected chi connectivity index (χ0v) is 9.77. The van der Waals surface area contributed by atoms with Crippen molar-refractivity contribution in [2.45, 2.75) is 6.42 Å². The molecule has 1 rings (SSSR count). The van der Waals surface area contributed by atoms with Gasteiger partial charge in [0.2, 0.25) is 5.91 Å². The number of para-hydroxylation sites is 1. The number of terminal acetylenes is 1. The van der Waals surface area contributed by atoms with E-state index >= 15 is 0 Å². The number of anilines is 1. The zero-order chi connectivity index (χ0) is 12.8. The summed E-state index contributed by atoms with van der Waals surface area (Å²) in [4.78, 5) is 24.5. The number of rotatable bonds is 3. The number of carbonyl (C=O) groups is 2. The van der Waals surface area contributed by atoms with Gasteiger partial charge in [0.15, 0.2) is 0 Å². The fourth-order valence-corrected chi connectivity index (χ4v) is 1.39. The summed E-state index contributed by atoms with van der Waals surface area (Å²) >= 11 is 0. The van der Waals surface area contributed by atoms with Crippen molar-refractivity contribution in [2.24, 2.45) is 0 Å². The molecule has 17 heavy (non-hydrogen) atoms. The summed E-state index contributed by atoms with van der Waals surface area (Å²) in [6.07, 6.45) is 5.07. The van der Waals surface area contributed by atoms with Gasteiger partial charge in [0, 0.05) is 7.05 Å². The van der Waals surface area contributed by atoms with Crippen LogP contribution in [-0.4, -0.2) is 26.0 Å². The van der Waals surface area contributed by atoms with E-state index in [0.29, 0.717) is 11.3 Å². The highest BCUT2D eigenvalue weighted by Gasteiger charge is 2.17. The molecule has 1 amide bonds. The van der Waals surface area contributed by atoms with Crippen molar-refractivity contribution in [1.29, 1.82) is 0 Å². The summed E-state index contributed by atoms with van der Waals surface area (Å²) < 4.78 is 4.65. The molecule has 4 heteroatoms. The molecular formula is C13H13NO3. The number of hydrogen-bond acceptors (Lipinski definition) is 3. The van der Waals surface area contributed by atoms with E-state index in [1.165, 1.54) is 12.0 Å². The van der Waals surface area contributed by atoms with E-state index in [0.717, 1.165) is 0 Å². The van der Waals surface area contributed by atoms with Gasteiger partial charge in [0.25, 0.3) is 0 Å². The van der Waals surface area contributed by atoms with E-state index in [-0.39, 0.29) is 12.3 Å². The Morgan fingerprint density at radius 3 is 2.65 bits per heavy atom. The molecule has 4 nitrogen and oxygen atoms in total. The molecule has 0 unspecified atom stereocenters. The van der Waals surface area contributed by atoms with Crippen molar-refractivity contribution in [2.75, 3.05) is 19.1 Å². The van der Waals surface area contributed by atoms with Crippen LogP contribution < -0.4 is 4.90 Å². The highest BCUT2D eigenvalue weighted by molar-refractivity contribution is 6.02. The molecule has 0 aromatic heterocycles. The van der Waals surface area contributed by atoms with Crippen LogP contribution >= 0.6 is 0 Å². The predicted molar refractivity (Wildman–Crippen MR) is 64.6 cm³/mol. The second kappa shape index (κ2) is 5.71. The first-order valence-corrected chi connectivity index (χ1v) is 4.99. The molecule has 1 aromatic carbocycles. The normalized spacial score (nSPS) is 9.24. The van der Waals surface area contributed by atoms with Gasteiger partial charge in [-0.1, -0.05) is 18.1 Å². The van der Waals surface area contributed by atoms with Gasteiger partial charge >= 0.3 is 5.97 Å². The molecule has 0 aliphatic carbocycles. The summed E-state index contributed by atoms with van der Waals surface area (Å²) in [5.74, 6) is 1.54. The lowest BCUT2D eigenvalue weighted by Gasteiger charge is -2.18. The Labute approximate surface area is 100 Å². The van der Waals surface area contributed by atoms with Gasteiger partial charge in [0.05, 0.1) is 24.8 Å². The van der Waals surface area contributed by atoms with Crippen molar-refractivity contribution in [3.8, 4) is 12.3 Å². The average molecular weight is 231 g/mol. The SMILES string of the molecule is C#CCC(=O)N(C)c1ccccc1C(=O)OC. The van der Waals surface area contributed by atoms with Crippen LogP contribution in [0.3, 0.4) is 0 Å². The van der Waals surface area contributed by atoms with Crippen LogP contribution in [0.4, 0.5) is 5.69 Å². The van der Waals surface area contributed by atoms with Crippen LogP contribution in [0.1, 0.15) is 16.8 Å². The smallest absolute Gasteiger partial charge is 0.339 e. The number of benzene rings is 1. The van der Waals surface area contributed by atoms with Crippen molar-refractivity contribution < 1.29 is 14.3 Å². The molecule has 0 aliphatic heterocycles. The van der Waals surface area contributed by atoms with Crippen molar-refractivity contribution in [3.63, 3.8) is 0 Å². The van der Waals surface area contributed by atoms with Gasteiger partial charge in [-0.3, -0.25) is 4.79 Å². The highest BCUT2D eigenvalue weighted by atomic mass is 16.5. The molecule has 0 atom stereocenters. The molecular weight excluding hydrogens is 218 g/mol. The quantitative estimate of drug-likeness (QED) is 0.584. The molecule has 88 valence electrons. The van der Waals surface area contributed by atoms with E-state index in [1.54, 1.807) is 31.3 Å². The minimum absolute atomic E-state index is 0.00793. The first-order valence-electron chi connectivity index (χ1n) is 4.99. The predicted octanol–water partition coefficient (Wildman–Crippen LogP) is 1.46. The number of ether oxygens (including phenoxy) is 1. The standard InChI is InChI=1S/C13H13NO3/c1-4-7-12(15)14(2)11-9-6-5-8-10(11)13(16)17-3/h1,5-6,8-9H,7H2,2-3H3. The van der Waals surface area contributed by atoms with E-state index in [2.05, 4.69) is 10.7 Å². The molecule has 0 aliphatic rings. The monoisotopic (exact) mass is 231 g/mol. The lowest BCUT2D eigenvalue weighted by Crippen LogP contribution is -2.27. The highest BCUT2D eigenvalue weighted by Crippen LogP contribution is 2.20. The van der Waals surface area contributed by atoms with Crippen LogP contribution in [0.2, 0.25) is 0 Å². The van der Waals surface area contributed by atoms with Crippen LogP contribution in [0, 0.1) is 12.3 Å². The Kier molecular flexibility index (Phi) is 4.29. The number of hydrogen-bond donors (Lipinski definition) is 0. The van der Waals surface area contributed by atoms with Crippen molar-refractivity contribution >= 4 is 17.6 Å². The Bertz CT molecular complexity index is 474. The number of amides is 1.